The number of benzene rings is 1. The second-order valence-corrected chi connectivity index (χ2v) is 4.59. The van der Waals surface area contributed by atoms with Gasteiger partial charge in [0.1, 0.15) is 0 Å². The summed E-state index contributed by atoms with van der Waals surface area (Å²) in [5, 5.41) is 18.7. The summed E-state index contributed by atoms with van der Waals surface area (Å²) >= 11 is 3.22. The topological polar surface area (TPSA) is 57.5 Å². The second kappa shape index (κ2) is 6.80. The van der Waals surface area contributed by atoms with Crippen LogP contribution in [0.4, 0.5) is 8.78 Å². The molecule has 3 nitrogen and oxygen atoms in total. The van der Waals surface area contributed by atoms with Gasteiger partial charge in [0.05, 0.1) is 0 Å². The molecule has 0 aliphatic rings. The number of hydrogen-bond donors (Lipinski definition) is 2. The zero-order valence-corrected chi connectivity index (χ0v) is 11.0. The zero-order chi connectivity index (χ0) is 13.7. The predicted octanol–water partition coefficient (Wildman–Crippen LogP) is 3.07. The molecule has 0 aliphatic heterocycles. The van der Waals surface area contributed by atoms with E-state index in [1.165, 1.54) is 12.1 Å². The Balaban J connectivity index is 3.06. The first-order valence-corrected chi connectivity index (χ1v) is 6.47. The minimum Gasteiger partial charge on any atom is -0.479 e. The number of aliphatic hydroxyl groups excluding tert-OH is 1. The molecule has 1 unspecified atom stereocenters. The van der Waals surface area contributed by atoms with Gasteiger partial charge in [0, 0.05) is 10.9 Å². The predicted molar refractivity (Wildman–Crippen MR) is 66.1 cm³/mol. The lowest BCUT2D eigenvalue weighted by Crippen LogP contribution is -2.11. The molecular formula is C12H13BrF2O3. The second-order valence-electron chi connectivity index (χ2n) is 3.79. The van der Waals surface area contributed by atoms with Crippen LogP contribution in [-0.2, 0) is 11.2 Å². The Morgan fingerprint density at radius 2 is 2.06 bits per heavy atom. The lowest BCUT2D eigenvalue weighted by molar-refractivity contribution is -0.146. The molecular weight excluding hydrogens is 310 g/mol. The van der Waals surface area contributed by atoms with E-state index in [1.54, 1.807) is 0 Å². The number of halogens is 3. The van der Waals surface area contributed by atoms with Crippen LogP contribution >= 0.6 is 15.9 Å². The normalized spacial score (nSPS) is 12.7. The van der Waals surface area contributed by atoms with Crippen LogP contribution in [0.5, 0.6) is 0 Å². The molecule has 1 atom stereocenters. The van der Waals surface area contributed by atoms with Crippen LogP contribution in [0.2, 0.25) is 0 Å². The zero-order valence-electron chi connectivity index (χ0n) is 9.44. The first-order chi connectivity index (χ1) is 8.47. The molecule has 18 heavy (non-hydrogen) atoms. The van der Waals surface area contributed by atoms with E-state index in [0.29, 0.717) is 23.7 Å². The minimum absolute atomic E-state index is 0.0274. The Bertz CT molecular complexity index is 424. The highest BCUT2D eigenvalue weighted by Gasteiger charge is 2.20. The number of aliphatic hydroxyl groups is 1. The third kappa shape index (κ3) is 3.74. The van der Waals surface area contributed by atoms with E-state index in [2.05, 4.69) is 15.9 Å². The monoisotopic (exact) mass is 322 g/mol. The molecule has 0 heterocycles. The SMILES string of the molecule is O=C(O)C(O)c1ccc(CCCBr)c(C(F)F)c1. The van der Waals surface area contributed by atoms with E-state index in [0.717, 1.165) is 6.07 Å². The number of carboxylic acids is 1. The molecule has 1 aromatic rings. The van der Waals surface area contributed by atoms with Crippen LogP contribution < -0.4 is 0 Å². The Morgan fingerprint density at radius 3 is 2.56 bits per heavy atom. The van der Waals surface area contributed by atoms with E-state index in [9.17, 15) is 18.7 Å². The Hall–Kier alpha value is -1.01. The van der Waals surface area contributed by atoms with Crippen molar-refractivity contribution < 1.29 is 23.8 Å². The molecule has 0 radical (unpaired) electrons. The standard InChI is InChI=1S/C12H13BrF2O3/c13-5-1-2-7-3-4-8(10(16)12(17)18)6-9(7)11(14)15/h3-4,6,10-11,16H,1-2,5H2,(H,17,18). The Kier molecular flexibility index (Phi) is 5.68. The van der Waals surface area contributed by atoms with E-state index < -0.39 is 18.5 Å². The molecule has 100 valence electrons. The van der Waals surface area contributed by atoms with Gasteiger partial charge in [-0.2, -0.15) is 0 Å². The molecule has 0 saturated heterocycles. The van der Waals surface area contributed by atoms with Crippen LogP contribution in [0.25, 0.3) is 0 Å². The van der Waals surface area contributed by atoms with Crippen molar-refractivity contribution in [2.75, 3.05) is 5.33 Å². The van der Waals surface area contributed by atoms with Crippen molar-refractivity contribution in [1.29, 1.82) is 0 Å². The highest BCUT2D eigenvalue weighted by atomic mass is 79.9. The van der Waals surface area contributed by atoms with Gasteiger partial charge in [-0.15, -0.1) is 0 Å². The molecule has 0 saturated carbocycles. The molecule has 0 fully saturated rings. The lowest BCUT2D eigenvalue weighted by atomic mass is 9.98. The molecule has 0 aromatic heterocycles. The van der Waals surface area contributed by atoms with Crippen molar-refractivity contribution in [3.63, 3.8) is 0 Å². The third-order valence-corrected chi connectivity index (χ3v) is 3.10. The van der Waals surface area contributed by atoms with Crippen molar-refractivity contribution in [1.82, 2.24) is 0 Å². The average molecular weight is 323 g/mol. The third-order valence-electron chi connectivity index (χ3n) is 2.53. The quantitative estimate of drug-likeness (QED) is 0.791. The smallest absolute Gasteiger partial charge is 0.337 e. The molecule has 6 heteroatoms. The van der Waals surface area contributed by atoms with E-state index in [-0.39, 0.29) is 11.1 Å². The number of carbonyl (C=O) groups is 1. The average Bonchev–Trinajstić information content (AvgIpc) is 2.34. The van der Waals surface area contributed by atoms with Gasteiger partial charge in [-0.05, 0) is 30.0 Å². The number of alkyl halides is 3. The van der Waals surface area contributed by atoms with Gasteiger partial charge in [0.15, 0.2) is 6.10 Å². The van der Waals surface area contributed by atoms with Crippen LogP contribution in [0, 0.1) is 0 Å². The van der Waals surface area contributed by atoms with Gasteiger partial charge in [0.25, 0.3) is 6.43 Å². The number of rotatable bonds is 6. The fourth-order valence-electron chi connectivity index (χ4n) is 1.61. The van der Waals surface area contributed by atoms with Gasteiger partial charge in [-0.3, -0.25) is 0 Å². The van der Waals surface area contributed by atoms with Crippen LogP contribution in [-0.4, -0.2) is 21.5 Å². The van der Waals surface area contributed by atoms with Crippen molar-refractivity contribution >= 4 is 21.9 Å². The van der Waals surface area contributed by atoms with Crippen molar-refractivity contribution in [2.45, 2.75) is 25.4 Å². The summed E-state index contributed by atoms with van der Waals surface area (Å²) in [6.45, 7) is 0. The fourth-order valence-corrected chi connectivity index (χ4v) is 1.89. The summed E-state index contributed by atoms with van der Waals surface area (Å²) in [6, 6.07) is 3.88. The maximum Gasteiger partial charge on any atom is 0.337 e. The van der Waals surface area contributed by atoms with E-state index >= 15 is 0 Å². The Labute approximate surface area is 112 Å². The Morgan fingerprint density at radius 1 is 1.39 bits per heavy atom. The lowest BCUT2D eigenvalue weighted by Gasteiger charge is -2.12. The molecule has 0 amide bonds. The summed E-state index contributed by atoms with van der Waals surface area (Å²) in [5.41, 5.74) is 0.236. The maximum atomic E-state index is 12.9. The molecule has 2 N–H and O–H groups in total. The van der Waals surface area contributed by atoms with E-state index in [1.807, 2.05) is 0 Å². The number of aliphatic carboxylic acids is 1. The highest BCUT2D eigenvalue weighted by molar-refractivity contribution is 9.09. The molecule has 1 rings (SSSR count). The first kappa shape index (κ1) is 15.0. The summed E-state index contributed by atoms with van der Waals surface area (Å²) in [5.74, 6) is -1.46. The summed E-state index contributed by atoms with van der Waals surface area (Å²) < 4.78 is 25.7. The molecule has 0 spiro atoms. The van der Waals surface area contributed by atoms with Gasteiger partial charge >= 0.3 is 5.97 Å². The van der Waals surface area contributed by atoms with Gasteiger partial charge in [-0.25, -0.2) is 13.6 Å². The van der Waals surface area contributed by atoms with Crippen molar-refractivity contribution in [2.24, 2.45) is 0 Å². The number of hydrogen-bond acceptors (Lipinski definition) is 2. The maximum absolute atomic E-state index is 12.9. The molecule has 0 bridgehead atoms. The van der Waals surface area contributed by atoms with Gasteiger partial charge < -0.3 is 10.2 Å². The van der Waals surface area contributed by atoms with Gasteiger partial charge in [-0.1, -0.05) is 28.1 Å². The number of carboxylic acid groups (broad SMARTS) is 1. The first-order valence-electron chi connectivity index (χ1n) is 5.35. The van der Waals surface area contributed by atoms with Crippen LogP contribution in [0.3, 0.4) is 0 Å². The summed E-state index contributed by atoms with van der Waals surface area (Å²) in [7, 11) is 0. The molecule has 0 aliphatic carbocycles. The van der Waals surface area contributed by atoms with Crippen molar-refractivity contribution in [3.8, 4) is 0 Å². The van der Waals surface area contributed by atoms with E-state index in [4.69, 9.17) is 5.11 Å². The minimum atomic E-state index is -2.68. The fraction of sp³-hybridized carbons (Fsp3) is 0.417. The van der Waals surface area contributed by atoms with Crippen LogP contribution in [0.1, 0.15) is 35.6 Å². The molecule has 1 aromatic carbocycles. The van der Waals surface area contributed by atoms with Crippen molar-refractivity contribution in [3.05, 3.63) is 34.9 Å². The van der Waals surface area contributed by atoms with Gasteiger partial charge in [0.2, 0.25) is 0 Å². The summed E-state index contributed by atoms with van der Waals surface area (Å²) in [6.07, 6.45) is -3.27. The summed E-state index contributed by atoms with van der Waals surface area (Å²) in [4.78, 5) is 10.6. The highest BCUT2D eigenvalue weighted by Crippen LogP contribution is 2.27. The van der Waals surface area contributed by atoms with Crippen LogP contribution in [0.15, 0.2) is 18.2 Å². The number of aryl methyl sites for hydroxylation is 1. The largest absolute Gasteiger partial charge is 0.479 e.